The van der Waals surface area contributed by atoms with Gasteiger partial charge in [0.1, 0.15) is 10.1 Å². The molecule has 34 heavy (non-hydrogen) atoms. The van der Waals surface area contributed by atoms with Crippen molar-refractivity contribution < 1.29 is 18.4 Å². The van der Waals surface area contributed by atoms with Crippen LogP contribution in [0.1, 0.15) is 115 Å². The molecule has 0 fully saturated rings. The standard InChI is InChI=1S/C28H44O3S.Ba.H2O/c1-3-5-7-9-11-13-15-18-24-22-25(19-16-14-12-10-8-6-4-2)26-20-17-21-28(27(26)23-24)32(29,30)31;;/h17,20-23H,3-16,18-19H2,1-2H3,(H,29,30,31);;1H2/q;+2;/p-2. The zero-order valence-corrected chi connectivity index (χ0v) is 26.7. The van der Waals surface area contributed by atoms with Crippen molar-refractivity contribution in [2.24, 2.45) is 0 Å². The van der Waals surface area contributed by atoms with E-state index >= 15 is 0 Å². The Balaban J connectivity index is 0.00000544. The van der Waals surface area contributed by atoms with Crippen LogP contribution in [0.5, 0.6) is 0 Å². The number of hydrogen-bond acceptors (Lipinski definition) is 4. The number of rotatable bonds is 17. The van der Waals surface area contributed by atoms with Crippen molar-refractivity contribution in [3.8, 4) is 0 Å². The van der Waals surface area contributed by atoms with E-state index in [0.717, 1.165) is 31.1 Å². The molecule has 0 atom stereocenters. The Bertz CT molecular complexity index is 912. The third kappa shape index (κ3) is 12.4. The van der Waals surface area contributed by atoms with Gasteiger partial charge in [0.05, 0.1) is 4.90 Å². The van der Waals surface area contributed by atoms with Gasteiger partial charge in [0, 0.05) is 0 Å². The van der Waals surface area contributed by atoms with Crippen LogP contribution in [0.2, 0.25) is 0 Å². The normalized spacial score (nSPS) is 11.3. The number of benzene rings is 2. The molecular formula is C28H44BaO4S. The van der Waals surface area contributed by atoms with Crippen LogP contribution < -0.4 is 0 Å². The zero-order chi connectivity index (χ0) is 23.2. The van der Waals surface area contributed by atoms with Gasteiger partial charge in [0.2, 0.25) is 0 Å². The number of hydrogen-bond donors (Lipinski definition) is 0. The molecule has 0 saturated heterocycles. The van der Waals surface area contributed by atoms with Crippen LogP contribution in [0.4, 0.5) is 0 Å². The fourth-order valence-electron chi connectivity index (χ4n) is 4.63. The predicted octanol–water partition coefficient (Wildman–Crippen LogP) is 7.77. The molecule has 0 saturated carbocycles. The number of aryl methyl sites for hydroxylation is 2. The van der Waals surface area contributed by atoms with Crippen molar-refractivity contribution in [3.05, 3.63) is 41.5 Å². The summed E-state index contributed by atoms with van der Waals surface area (Å²) in [5, 5.41) is 1.54. The van der Waals surface area contributed by atoms with Gasteiger partial charge < -0.3 is 10.0 Å². The Morgan fingerprint density at radius 3 is 1.71 bits per heavy atom. The largest absolute Gasteiger partial charge is 2.00 e. The molecule has 0 spiro atoms. The van der Waals surface area contributed by atoms with Gasteiger partial charge in [-0.2, -0.15) is 0 Å². The fourth-order valence-corrected chi connectivity index (χ4v) is 5.31. The van der Waals surface area contributed by atoms with Crippen LogP contribution in [-0.2, 0) is 23.0 Å². The van der Waals surface area contributed by atoms with E-state index in [1.54, 1.807) is 6.07 Å². The van der Waals surface area contributed by atoms with Gasteiger partial charge in [-0.3, -0.25) is 0 Å². The molecule has 4 nitrogen and oxygen atoms in total. The Morgan fingerprint density at radius 2 is 1.18 bits per heavy atom. The molecule has 0 aliphatic rings. The van der Waals surface area contributed by atoms with E-state index in [1.807, 2.05) is 12.1 Å². The van der Waals surface area contributed by atoms with Crippen LogP contribution in [0, 0.1) is 0 Å². The summed E-state index contributed by atoms with van der Waals surface area (Å²) in [6, 6.07) is 9.35. The molecule has 0 unspecified atom stereocenters. The molecule has 188 valence electrons. The molecule has 0 aliphatic heterocycles. The third-order valence-electron chi connectivity index (χ3n) is 6.49. The maximum absolute atomic E-state index is 11.9. The average Bonchev–Trinajstić information content (AvgIpc) is 2.76. The maximum Gasteiger partial charge on any atom is 2.00 e. The van der Waals surface area contributed by atoms with E-state index in [9.17, 15) is 13.0 Å². The molecule has 6 heteroatoms. The molecule has 2 aromatic rings. The van der Waals surface area contributed by atoms with Gasteiger partial charge in [0.15, 0.2) is 0 Å². The van der Waals surface area contributed by atoms with E-state index < -0.39 is 10.1 Å². The van der Waals surface area contributed by atoms with Crippen LogP contribution >= 0.6 is 0 Å². The second-order valence-corrected chi connectivity index (χ2v) is 10.7. The van der Waals surface area contributed by atoms with Gasteiger partial charge in [-0.1, -0.05) is 109 Å². The third-order valence-corrected chi connectivity index (χ3v) is 7.38. The van der Waals surface area contributed by atoms with E-state index in [4.69, 9.17) is 0 Å². The minimum absolute atomic E-state index is 0. The molecule has 2 aromatic carbocycles. The van der Waals surface area contributed by atoms with Crippen molar-refractivity contribution >= 4 is 69.8 Å². The Labute approximate surface area is 248 Å². The van der Waals surface area contributed by atoms with Crippen molar-refractivity contribution in [2.45, 2.75) is 121 Å². The van der Waals surface area contributed by atoms with Gasteiger partial charge >= 0.3 is 48.9 Å². The van der Waals surface area contributed by atoms with Gasteiger partial charge in [-0.05, 0) is 59.7 Å². The van der Waals surface area contributed by atoms with E-state index in [0.29, 0.717) is 5.39 Å². The summed E-state index contributed by atoms with van der Waals surface area (Å²) in [6.07, 6.45) is 19.4. The van der Waals surface area contributed by atoms with Gasteiger partial charge in [-0.15, -0.1) is 0 Å². The average molecular weight is 614 g/mol. The van der Waals surface area contributed by atoms with E-state index in [-0.39, 0.29) is 59.3 Å². The number of fused-ring (bicyclic) bond motifs is 1. The van der Waals surface area contributed by atoms with Gasteiger partial charge in [0.25, 0.3) is 0 Å². The molecule has 2 rings (SSSR count). The molecule has 1 N–H and O–H groups in total. The number of unbranched alkanes of at least 4 members (excludes halogenated alkanes) is 12. The minimum Gasteiger partial charge on any atom is -0.870 e. The Morgan fingerprint density at radius 1 is 0.676 bits per heavy atom. The quantitative estimate of drug-likeness (QED) is 0.104. The summed E-state index contributed by atoms with van der Waals surface area (Å²) in [6.45, 7) is 4.47. The molecule has 0 amide bonds. The summed E-state index contributed by atoms with van der Waals surface area (Å²) in [5.74, 6) is 0. The maximum atomic E-state index is 11.9. The first-order chi connectivity index (χ1) is 15.5. The first-order valence-electron chi connectivity index (χ1n) is 13.0. The minimum atomic E-state index is -4.49. The molecule has 0 heterocycles. The SMILES string of the molecule is CCCCCCCCCc1cc(CCCCCCCCC)c2cccc(S(=O)(=O)[O-])c2c1.[Ba+2].[OH-]. The van der Waals surface area contributed by atoms with Crippen LogP contribution in [-0.4, -0.2) is 67.3 Å². The van der Waals surface area contributed by atoms with Crippen molar-refractivity contribution in [1.29, 1.82) is 0 Å². The van der Waals surface area contributed by atoms with Crippen molar-refractivity contribution in [2.75, 3.05) is 0 Å². The Kier molecular flexibility index (Phi) is 19.4. The zero-order valence-electron chi connectivity index (χ0n) is 21.5. The first kappa shape index (κ1) is 34.1. The van der Waals surface area contributed by atoms with E-state index in [2.05, 4.69) is 19.9 Å². The summed E-state index contributed by atoms with van der Waals surface area (Å²) in [4.78, 5) is -0.0720. The van der Waals surface area contributed by atoms with Crippen LogP contribution in [0.25, 0.3) is 10.8 Å². The van der Waals surface area contributed by atoms with Crippen molar-refractivity contribution in [1.82, 2.24) is 0 Å². The monoisotopic (exact) mass is 614 g/mol. The first-order valence-corrected chi connectivity index (χ1v) is 14.4. The molecule has 0 aliphatic carbocycles. The summed E-state index contributed by atoms with van der Waals surface area (Å²) in [5.41, 5.74) is 2.36. The summed E-state index contributed by atoms with van der Waals surface area (Å²) >= 11 is 0. The summed E-state index contributed by atoms with van der Waals surface area (Å²) < 4.78 is 35.7. The Hall–Kier alpha value is 0.141. The van der Waals surface area contributed by atoms with E-state index in [1.165, 1.54) is 94.2 Å². The van der Waals surface area contributed by atoms with Crippen LogP contribution in [0.15, 0.2) is 35.2 Å². The smallest absolute Gasteiger partial charge is 0.870 e. The second kappa shape index (κ2) is 19.3. The van der Waals surface area contributed by atoms with Gasteiger partial charge in [-0.25, -0.2) is 8.42 Å². The fraction of sp³-hybridized carbons (Fsp3) is 0.643. The van der Waals surface area contributed by atoms with Crippen molar-refractivity contribution in [3.63, 3.8) is 0 Å². The second-order valence-electron chi connectivity index (χ2n) is 9.30. The molecule has 0 aromatic heterocycles. The van der Waals surface area contributed by atoms with Crippen LogP contribution in [0.3, 0.4) is 0 Å². The topological polar surface area (TPSA) is 87.2 Å². The molecule has 0 radical (unpaired) electrons. The predicted molar refractivity (Wildman–Crippen MR) is 143 cm³/mol. The molecular weight excluding hydrogens is 570 g/mol. The molecule has 0 bridgehead atoms. The summed E-state index contributed by atoms with van der Waals surface area (Å²) in [7, 11) is -4.49.